The number of aromatic nitrogens is 2. The van der Waals surface area contributed by atoms with Gasteiger partial charge in [0.05, 0.1) is 6.10 Å². The Balaban J connectivity index is 1.58. The van der Waals surface area contributed by atoms with Crippen molar-refractivity contribution in [2.45, 2.75) is 26.4 Å². The maximum atomic E-state index is 11.6. The second kappa shape index (κ2) is 8.45. The Morgan fingerprint density at radius 2 is 2.09 bits per heavy atom. The molecule has 0 radical (unpaired) electrons. The number of rotatable bonds is 7. The number of ether oxygens (including phenoxy) is 1. The average molecular weight is 320 g/mol. The Hall–Kier alpha value is -1.99. The Kier molecular flexibility index (Phi) is 6.29. The van der Waals surface area contributed by atoms with E-state index in [-0.39, 0.29) is 12.1 Å². The van der Waals surface area contributed by atoms with Crippen LogP contribution in [-0.2, 0) is 4.74 Å². The monoisotopic (exact) mass is 320 g/mol. The fourth-order valence-corrected chi connectivity index (χ4v) is 2.43. The summed E-state index contributed by atoms with van der Waals surface area (Å²) in [6, 6.07) is 9.79. The molecule has 118 valence electrons. The number of benzene rings is 1. The zero-order chi connectivity index (χ0) is 15.8. The Bertz CT molecular complexity index is 588. The summed E-state index contributed by atoms with van der Waals surface area (Å²) in [6.45, 7) is 5.00. The van der Waals surface area contributed by atoms with Gasteiger partial charge in [0.1, 0.15) is 5.01 Å². The van der Waals surface area contributed by atoms with Crippen molar-refractivity contribution in [3.63, 3.8) is 0 Å². The molecule has 0 saturated carbocycles. The highest BCUT2D eigenvalue weighted by molar-refractivity contribution is 7.15. The summed E-state index contributed by atoms with van der Waals surface area (Å²) in [5.74, 6) is 0. The van der Waals surface area contributed by atoms with Crippen LogP contribution in [0.3, 0.4) is 0 Å². The summed E-state index contributed by atoms with van der Waals surface area (Å²) in [7, 11) is 0. The first kappa shape index (κ1) is 16.4. The highest BCUT2D eigenvalue weighted by atomic mass is 32.1. The molecule has 0 saturated heterocycles. The van der Waals surface area contributed by atoms with Gasteiger partial charge in [-0.25, -0.2) is 4.79 Å². The van der Waals surface area contributed by atoms with Gasteiger partial charge in [-0.1, -0.05) is 41.7 Å². The summed E-state index contributed by atoms with van der Waals surface area (Å²) in [4.78, 5) is 11.6. The summed E-state index contributed by atoms with van der Waals surface area (Å²) >= 11 is 1.34. The predicted octanol–water partition coefficient (Wildman–Crippen LogP) is 3.14. The maximum Gasteiger partial charge on any atom is 0.321 e. The SMILES string of the molecule is Cc1nnc(NC(=O)NCCCO[C@H](C)c2ccccc2)s1. The number of urea groups is 1. The Morgan fingerprint density at radius 3 is 2.77 bits per heavy atom. The molecule has 0 unspecified atom stereocenters. The quantitative estimate of drug-likeness (QED) is 0.768. The molecule has 2 N–H and O–H groups in total. The van der Waals surface area contributed by atoms with Crippen molar-refractivity contribution in [3.8, 4) is 0 Å². The van der Waals surface area contributed by atoms with Gasteiger partial charge in [-0.3, -0.25) is 5.32 Å². The first-order valence-electron chi connectivity index (χ1n) is 7.16. The summed E-state index contributed by atoms with van der Waals surface area (Å²) < 4.78 is 5.74. The maximum absolute atomic E-state index is 11.6. The zero-order valence-electron chi connectivity index (χ0n) is 12.7. The third-order valence-corrected chi connectivity index (χ3v) is 3.74. The fourth-order valence-electron chi connectivity index (χ4n) is 1.84. The van der Waals surface area contributed by atoms with Crippen molar-refractivity contribution in [3.05, 3.63) is 40.9 Å². The molecule has 1 aromatic heterocycles. The first-order valence-corrected chi connectivity index (χ1v) is 7.98. The second-order valence-electron chi connectivity index (χ2n) is 4.78. The third kappa shape index (κ3) is 5.42. The molecule has 2 aromatic rings. The number of carbonyl (C=O) groups is 1. The van der Waals surface area contributed by atoms with Crippen molar-refractivity contribution >= 4 is 22.5 Å². The van der Waals surface area contributed by atoms with E-state index in [4.69, 9.17) is 4.74 Å². The lowest BCUT2D eigenvalue weighted by Gasteiger charge is -2.13. The van der Waals surface area contributed by atoms with Crippen molar-refractivity contribution in [1.29, 1.82) is 0 Å². The molecule has 1 aromatic carbocycles. The number of hydrogen-bond acceptors (Lipinski definition) is 5. The van der Waals surface area contributed by atoms with E-state index >= 15 is 0 Å². The van der Waals surface area contributed by atoms with Crippen LogP contribution < -0.4 is 10.6 Å². The molecule has 2 rings (SSSR count). The van der Waals surface area contributed by atoms with Gasteiger partial charge in [-0.15, -0.1) is 10.2 Å². The number of nitrogens with zero attached hydrogens (tertiary/aromatic N) is 2. The zero-order valence-corrected chi connectivity index (χ0v) is 13.5. The third-order valence-electron chi connectivity index (χ3n) is 2.99. The smallest absolute Gasteiger partial charge is 0.321 e. The van der Waals surface area contributed by atoms with E-state index in [1.165, 1.54) is 11.3 Å². The highest BCUT2D eigenvalue weighted by Gasteiger charge is 2.06. The molecule has 0 aliphatic rings. The van der Waals surface area contributed by atoms with Crippen LogP contribution in [0.4, 0.5) is 9.93 Å². The number of carbonyl (C=O) groups excluding carboxylic acids is 1. The van der Waals surface area contributed by atoms with Gasteiger partial charge in [0.2, 0.25) is 5.13 Å². The topological polar surface area (TPSA) is 76.1 Å². The van der Waals surface area contributed by atoms with Crippen LogP contribution >= 0.6 is 11.3 Å². The van der Waals surface area contributed by atoms with Gasteiger partial charge in [0, 0.05) is 13.2 Å². The lowest BCUT2D eigenvalue weighted by atomic mass is 10.1. The molecule has 1 heterocycles. The van der Waals surface area contributed by atoms with E-state index in [0.717, 1.165) is 17.0 Å². The van der Waals surface area contributed by atoms with Crippen molar-refractivity contribution < 1.29 is 9.53 Å². The van der Waals surface area contributed by atoms with Crippen LogP contribution in [0.2, 0.25) is 0 Å². The molecule has 0 bridgehead atoms. The van der Waals surface area contributed by atoms with Crippen LogP contribution in [0.15, 0.2) is 30.3 Å². The normalized spacial score (nSPS) is 11.9. The number of nitrogens with one attached hydrogen (secondary N) is 2. The summed E-state index contributed by atoms with van der Waals surface area (Å²) in [6.07, 6.45) is 0.805. The Morgan fingerprint density at radius 1 is 1.32 bits per heavy atom. The molecule has 0 fully saturated rings. The largest absolute Gasteiger partial charge is 0.374 e. The number of amides is 2. The van der Waals surface area contributed by atoms with Gasteiger partial charge in [-0.05, 0) is 25.8 Å². The van der Waals surface area contributed by atoms with Crippen LogP contribution in [0.1, 0.15) is 30.0 Å². The molecule has 6 nitrogen and oxygen atoms in total. The van der Waals surface area contributed by atoms with Gasteiger partial charge < -0.3 is 10.1 Å². The summed E-state index contributed by atoms with van der Waals surface area (Å²) in [5.41, 5.74) is 1.15. The molecule has 0 aliphatic heterocycles. The van der Waals surface area contributed by atoms with Crippen LogP contribution in [0, 0.1) is 6.92 Å². The highest BCUT2D eigenvalue weighted by Crippen LogP contribution is 2.15. The lowest BCUT2D eigenvalue weighted by molar-refractivity contribution is 0.0644. The van der Waals surface area contributed by atoms with Gasteiger partial charge in [-0.2, -0.15) is 0 Å². The van der Waals surface area contributed by atoms with E-state index in [0.29, 0.717) is 18.3 Å². The molecule has 7 heteroatoms. The molecular weight excluding hydrogens is 300 g/mol. The molecule has 22 heavy (non-hydrogen) atoms. The van der Waals surface area contributed by atoms with Crippen molar-refractivity contribution in [2.75, 3.05) is 18.5 Å². The first-order chi connectivity index (χ1) is 10.6. The number of anilines is 1. The molecule has 2 amide bonds. The number of hydrogen-bond donors (Lipinski definition) is 2. The van der Waals surface area contributed by atoms with Gasteiger partial charge in [0.15, 0.2) is 0 Å². The van der Waals surface area contributed by atoms with E-state index in [2.05, 4.69) is 20.8 Å². The number of aryl methyl sites for hydroxylation is 1. The standard InChI is InChI=1S/C15H20N4O2S/c1-11(13-7-4-3-5-8-13)21-10-6-9-16-14(20)17-15-19-18-12(2)22-15/h3-5,7-8,11H,6,9-10H2,1-2H3,(H2,16,17,19,20)/t11-/m1/s1. The van der Waals surface area contributed by atoms with E-state index < -0.39 is 0 Å². The predicted molar refractivity (Wildman–Crippen MR) is 87.1 cm³/mol. The Labute approximate surface area is 133 Å². The van der Waals surface area contributed by atoms with Crippen molar-refractivity contribution in [2.24, 2.45) is 0 Å². The molecular formula is C15H20N4O2S. The minimum absolute atomic E-state index is 0.0550. The second-order valence-corrected chi connectivity index (χ2v) is 5.97. The van der Waals surface area contributed by atoms with Crippen LogP contribution in [0.25, 0.3) is 0 Å². The van der Waals surface area contributed by atoms with E-state index in [1.807, 2.05) is 44.2 Å². The van der Waals surface area contributed by atoms with E-state index in [9.17, 15) is 4.79 Å². The lowest BCUT2D eigenvalue weighted by Crippen LogP contribution is -2.30. The van der Waals surface area contributed by atoms with Crippen LogP contribution in [-0.4, -0.2) is 29.4 Å². The van der Waals surface area contributed by atoms with Gasteiger partial charge in [0.25, 0.3) is 0 Å². The van der Waals surface area contributed by atoms with Gasteiger partial charge >= 0.3 is 6.03 Å². The summed E-state index contributed by atoms with van der Waals surface area (Å²) in [5, 5.41) is 14.4. The minimum Gasteiger partial charge on any atom is -0.374 e. The van der Waals surface area contributed by atoms with Crippen LogP contribution in [0.5, 0.6) is 0 Å². The average Bonchev–Trinajstić information content (AvgIpc) is 2.92. The molecule has 0 spiro atoms. The minimum atomic E-state index is -0.271. The van der Waals surface area contributed by atoms with E-state index in [1.54, 1.807) is 0 Å². The van der Waals surface area contributed by atoms with Crippen molar-refractivity contribution in [1.82, 2.24) is 15.5 Å². The fraction of sp³-hybridized carbons (Fsp3) is 0.400. The molecule has 0 aliphatic carbocycles. The molecule has 1 atom stereocenters.